The Balaban J connectivity index is 2.57. The van der Waals surface area contributed by atoms with E-state index >= 15 is 0 Å². The molecule has 0 aromatic heterocycles. The van der Waals surface area contributed by atoms with Gasteiger partial charge in [-0.3, -0.25) is 4.90 Å². The van der Waals surface area contributed by atoms with Crippen molar-refractivity contribution in [2.45, 2.75) is 70.8 Å². The van der Waals surface area contributed by atoms with Gasteiger partial charge in [0.1, 0.15) is 0 Å². The second kappa shape index (κ2) is 9.73. The molecule has 3 heteroatoms. The molecule has 1 rings (SSSR count). The lowest BCUT2D eigenvalue weighted by molar-refractivity contribution is 0.0357. The van der Waals surface area contributed by atoms with Gasteiger partial charge in [-0.25, -0.2) is 0 Å². The number of rotatable bonds is 9. The van der Waals surface area contributed by atoms with E-state index < -0.39 is 0 Å². The van der Waals surface area contributed by atoms with E-state index in [4.69, 9.17) is 10.5 Å². The molecule has 1 aliphatic carbocycles. The van der Waals surface area contributed by atoms with Crippen LogP contribution in [0.4, 0.5) is 0 Å². The number of hydrogen-bond acceptors (Lipinski definition) is 3. The normalized spacial score (nSPS) is 19.6. The van der Waals surface area contributed by atoms with Crippen LogP contribution in [0.15, 0.2) is 0 Å². The van der Waals surface area contributed by atoms with E-state index in [1.54, 1.807) is 0 Å². The van der Waals surface area contributed by atoms with Gasteiger partial charge in [-0.15, -0.1) is 0 Å². The van der Waals surface area contributed by atoms with Crippen LogP contribution in [0.3, 0.4) is 0 Å². The zero-order chi connectivity index (χ0) is 14.0. The fraction of sp³-hybridized carbons (Fsp3) is 1.00. The van der Waals surface area contributed by atoms with E-state index in [-0.39, 0.29) is 5.54 Å². The van der Waals surface area contributed by atoms with E-state index in [2.05, 4.69) is 18.7 Å². The first-order chi connectivity index (χ1) is 9.29. The zero-order valence-corrected chi connectivity index (χ0v) is 13.1. The molecule has 0 aliphatic heterocycles. The summed E-state index contributed by atoms with van der Waals surface area (Å²) in [6, 6.07) is 0. The standard InChI is InChI=1S/C16H34N2O/c1-3-11-18(12-14-19-13-4-2)16(15-17)9-7-5-6-8-10-16/h3-15,17H2,1-2H3. The zero-order valence-electron chi connectivity index (χ0n) is 13.1. The molecular weight excluding hydrogens is 236 g/mol. The summed E-state index contributed by atoms with van der Waals surface area (Å²) in [7, 11) is 0. The molecule has 0 unspecified atom stereocenters. The van der Waals surface area contributed by atoms with Crippen molar-refractivity contribution in [2.75, 3.05) is 32.8 Å². The van der Waals surface area contributed by atoms with Gasteiger partial charge in [-0.1, -0.05) is 39.5 Å². The molecular formula is C16H34N2O. The molecule has 0 spiro atoms. The minimum Gasteiger partial charge on any atom is -0.380 e. The predicted molar refractivity (Wildman–Crippen MR) is 82.5 cm³/mol. The van der Waals surface area contributed by atoms with E-state index in [9.17, 15) is 0 Å². The first-order valence-corrected chi connectivity index (χ1v) is 8.32. The van der Waals surface area contributed by atoms with Crippen molar-refractivity contribution in [3.05, 3.63) is 0 Å². The number of hydrogen-bond donors (Lipinski definition) is 1. The SMILES string of the molecule is CCCOCCN(CCC)C1(CN)CCCCCC1. The average Bonchev–Trinajstić information content (AvgIpc) is 2.68. The molecule has 0 aromatic rings. The second-order valence-electron chi connectivity index (χ2n) is 5.94. The van der Waals surface area contributed by atoms with Crippen LogP contribution in [0, 0.1) is 0 Å². The van der Waals surface area contributed by atoms with Crippen molar-refractivity contribution in [1.82, 2.24) is 4.90 Å². The molecule has 0 saturated heterocycles. The van der Waals surface area contributed by atoms with Crippen LogP contribution in [0.1, 0.15) is 65.2 Å². The average molecular weight is 270 g/mol. The first kappa shape index (κ1) is 16.9. The molecule has 1 fully saturated rings. The molecule has 1 saturated carbocycles. The molecule has 1 aliphatic rings. The van der Waals surface area contributed by atoms with E-state index in [0.717, 1.165) is 39.3 Å². The monoisotopic (exact) mass is 270 g/mol. The summed E-state index contributed by atoms with van der Waals surface area (Å²) in [4.78, 5) is 2.63. The summed E-state index contributed by atoms with van der Waals surface area (Å²) in [5.41, 5.74) is 6.44. The summed E-state index contributed by atoms with van der Waals surface area (Å²) < 4.78 is 5.69. The maximum Gasteiger partial charge on any atom is 0.0593 e. The third-order valence-corrected chi connectivity index (χ3v) is 4.43. The van der Waals surface area contributed by atoms with Crippen LogP contribution in [-0.4, -0.2) is 43.3 Å². The van der Waals surface area contributed by atoms with E-state index in [0.29, 0.717) is 0 Å². The van der Waals surface area contributed by atoms with Crippen LogP contribution in [0.2, 0.25) is 0 Å². The van der Waals surface area contributed by atoms with Crippen LogP contribution in [-0.2, 0) is 4.74 Å². The first-order valence-electron chi connectivity index (χ1n) is 8.32. The highest BCUT2D eigenvalue weighted by Gasteiger charge is 2.34. The molecule has 3 nitrogen and oxygen atoms in total. The summed E-state index contributed by atoms with van der Waals surface area (Å²) >= 11 is 0. The summed E-state index contributed by atoms with van der Waals surface area (Å²) in [6.45, 7) is 9.18. The van der Waals surface area contributed by atoms with Gasteiger partial charge >= 0.3 is 0 Å². The lowest BCUT2D eigenvalue weighted by atomic mass is 9.88. The fourth-order valence-electron chi connectivity index (χ4n) is 3.31. The summed E-state index contributed by atoms with van der Waals surface area (Å²) in [5.74, 6) is 0. The maximum atomic E-state index is 6.19. The van der Waals surface area contributed by atoms with Crippen molar-refractivity contribution in [1.29, 1.82) is 0 Å². The Morgan fingerprint density at radius 1 is 0.947 bits per heavy atom. The molecule has 0 bridgehead atoms. The van der Waals surface area contributed by atoms with Gasteiger partial charge in [0, 0.05) is 25.2 Å². The van der Waals surface area contributed by atoms with Gasteiger partial charge < -0.3 is 10.5 Å². The molecule has 2 N–H and O–H groups in total. The van der Waals surface area contributed by atoms with E-state index in [1.807, 2.05) is 0 Å². The highest BCUT2D eigenvalue weighted by Crippen LogP contribution is 2.31. The lowest BCUT2D eigenvalue weighted by Crippen LogP contribution is -2.55. The molecule has 0 aromatic carbocycles. The molecule has 0 atom stereocenters. The van der Waals surface area contributed by atoms with Gasteiger partial charge in [0.05, 0.1) is 6.61 Å². The fourth-order valence-corrected chi connectivity index (χ4v) is 3.31. The third kappa shape index (κ3) is 5.41. The van der Waals surface area contributed by atoms with Crippen molar-refractivity contribution >= 4 is 0 Å². The van der Waals surface area contributed by atoms with Gasteiger partial charge in [0.25, 0.3) is 0 Å². The summed E-state index contributed by atoms with van der Waals surface area (Å²) in [6.07, 6.45) is 10.3. The Labute approximate surface area is 119 Å². The maximum absolute atomic E-state index is 6.19. The molecule has 0 amide bonds. The van der Waals surface area contributed by atoms with Gasteiger partial charge in [-0.2, -0.15) is 0 Å². The quantitative estimate of drug-likeness (QED) is 0.516. The van der Waals surface area contributed by atoms with Crippen molar-refractivity contribution in [2.24, 2.45) is 5.73 Å². The largest absolute Gasteiger partial charge is 0.380 e. The van der Waals surface area contributed by atoms with Gasteiger partial charge in [-0.05, 0) is 32.2 Å². The molecule has 0 radical (unpaired) electrons. The Morgan fingerprint density at radius 2 is 1.63 bits per heavy atom. The topological polar surface area (TPSA) is 38.5 Å². The summed E-state index contributed by atoms with van der Waals surface area (Å²) in [5, 5.41) is 0. The minimum atomic E-state index is 0.252. The van der Waals surface area contributed by atoms with Gasteiger partial charge in [0.2, 0.25) is 0 Å². The second-order valence-corrected chi connectivity index (χ2v) is 5.94. The van der Waals surface area contributed by atoms with Crippen molar-refractivity contribution in [3.8, 4) is 0 Å². The number of nitrogens with two attached hydrogens (primary N) is 1. The number of nitrogens with zero attached hydrogens (tertiary/aromatic N) is 1. The predicted octanol–water partition coefficient (Wildman–Crippen LogP) is 3.18. The lowest BCUT2D eigenvalue weighted by Gasteiger charge is -2.43. The Kier molecular flexibility index (Phi) is 8.67. The van der Waals surface area contributed by atoms with Crippen LogP contribution >= 0.6 is 0 Å². The molecule has 19 heavy (non-hydrogen) atoms. The molecule has 0 heterocycles. The van der Waals surface area contributed by atoms with Gasteiger partial charge in [0.15, 0.2) is 0 Å². The minimum absolute atomic E-state index is 0.252. The Hall–Kier alpha value is -0.120. The smallest absolute Gasteiger partial charge is 0.0593 e. The van der Waals surface area contributed by atoms with E-state index in [1.165, 1.54) is 44.9 Å². The van der Waals surface area contributed by atoms with Crippen LogP contribution < -0.4 is 5.73 Å². The highest BCUT2D eigenvalue weighted by molar-refractivity contribution is 4.93. The molecule has 114 valence electrons. The van der Waals surface area contributed by atoms with Crippen LogP contribution in [0.5, 0.6) is 0 Å². The van der Waals surface area contributed by atoms with Crippen LogP contribution in [0.25, 0.3) is 0 Å². The van der Waals surface area contributed by atoms with Crippen molar-refractivity contribution in [3.63, 3.8) is 0 Å². The highest BCUT2D eigenvalue weighted by atomic mass is 16.5. The van der Waals surface area contributed by atoms with Crippen molar-refractivity contribution < 1.29 is 4.74 Å². The number of ether oxygens (including phenoxy) is 1. The third-order valence-electron chi connectivity index (χ3n) is 4.43. The Morgan fingerprint density at radius 3 is 2.16 bits per heavy atom. The Bertz CT molecular complexity index is 213.